The summed E-state index contributed by atoms with van der Waals surface area (Å²) in [6.45, 7) is 1.67. The van der Waals surface area contributed by atoms with Crippen molar-refractivity contribution in [3.63, 3.8) is 0 Å². The summed E-state index contributed by atoms with van der Waals surface area (Å²) >= 11 is 9.73. The van der Waals surface area contributed by atoms with Crippen LogP contribution in [0.25, 0.3) is 0 Å². The van der Waals surface area contributed by atoms with Crippen molar-refractivity contribution in [2.75, 3.05) is 12.4 Å². The summed E-state index contributed by atoms with van der Waals surface area (Å²) in [5.74, 6) is 1.03. The number of hydrogen-bond donors (Lipinski definition) is 4. The Morgan fingerprint density at radius 1 is 1.21 bits per heavy atom. The Bertz CT molecular complexity index is 787. The number of aliphatic hydroxyl groups excluding tert-OH is 4. The van der Waals surface area contributed by atoms with E-state index in [0.29, 0.717) is 17.0 Å². The standard InChI is InChI=1S/C19H24ClNO5S2/c1-2-5-27-19-21-8-12(28-19)7-11-6-10(3-4-13(11)20)18-17(25)16(24)15(23)14(9-22)26-18/h3-4,6,8,14-18,22-25H,2,5,7,9H2,1H3/t14-,15-,16+,17-,18+/m1/s1. The van der Waals surface area contributed by atoms with Crippen LogP contribution in [0.3, 0.4) is 0 Å². The third-order valence-electron chi connectivity index (χ3n) is 4.62. The molecule has 0 bridgehead atoms. The smallest absolute Gasteiger partial charge is 0.150 e. The van der Waals surface area contributed by atoms with Gasteiger partial charge in [0.05, 0.1) is 6.61 Å². The van der Waals surface area contributed by atoms with E-state index < -0.39 is 37.1 Å². The van der Waals surface area contributed by atoms with Gasteiger partial charge < -0.3 is 25.2 Å². The highest BCUT2D eigenvalue weighted by atomic mass is 35.5. The summed E-state index contributed by atoms with van der Waals surface area (Å²) in [6, 6.07) is 5.27. The van der Waals surface area contributed by atoms with Crippen LogP contribution < -0.4 is 0 Å². The summed E-state index contributed by atoms with van der Waals surface area (Å²) < 4.78 is 6.67. The quantitative estimate of drug-likeness (QED) is 0.485. The fourth-order valence-corrected chi connectivity index (χ4v) is 5.26. The highest BCUT2D eigenvalue weighted by molar-refractivity contribution is 8.01. The molecule has 9 heteroatoms. The topological polar surface area (TPSA) is 103 Å². The molecule has 6 nitrogen and oxygen atoms in total. The van der Waals surface area contributed by atoms with E-state index in [-0.39, 0.29) is 0 Å². The number of halogens is 1. The molecule has 3 rings (SSSR count). The first-order valence-electron chi connectivity index (χ1n) is 9.11. The maximum Gasteiger partial charge on any atom is 0.150 e. The number of ether oxygens (including phenoxy) is 1. The van der Waals surface area contributed by atoms with Gasteiger partial charge in [-0.2, -0.15) is 0 Å². The third kappa shape index (κ3) is 4.88. The zero-order valence-corrected chi connectivity index (χ0v) is 17.8. The number of hydrogen-bond acceptors (Lipinski definition) is 8. The molecular formula is C19H24ClNO5S2. The van der Waals surface area contributed by atoms with E-state index in [2.05, 4.69) is 11.9 Å². The lowest BCUT2D eigenvalue weighted by Crippen LogP contribution is -2.55. The second-order valence-corrected chi connectivity index (χ2v) is 9.58. The van der Waals surface area contributed by atoms with Gasteiger partial charge >= 0.3 is 0 Å². The SMILES string of the molecule is CCCSc1ncc(Cc2cc([C@@H]3O[C@H](CO)[C@@H](O)[C@H](O)[C@H]3O)ccc2Cl)s1. The van der Waals surface area contributed by atoms with Crippen molar-refractivity contribution < 1.29 is 25.2 Å². The summed E-state index contributed by atoms with van der Waals surface area (Å²) in [5, 5.41) is 40.3. The molecule has 0 amide bonds. The molecule has 1 aliphatic heterocycles. The highest BCUT2D eigenvalue weighted by Crippen LogP contribution is 2.35. The summed E-state index contributed by atoms with van der Waals surface area (Å²) in [5.41, 5.74) is 1.48. The Morgan fingerprint density at radius 3 is 2.71 bits per heavy atom. The van der Waals surface area contributed by atoms with Crippen LogP contribution in [0.5, 0.6) is 0 Å². The van der Waals surface area contributed by atoms with Crippen molar-refractivity contribution in [2.24, 2.45) is 0 Å². The predicted octanol–water partition coefficient (Wildman–Crippen LogP) is 2.40. The van der Waals surface area contributed by atoms with E-state index in [9.17, 15) is 20.4 Å². The number of benzene rings is 1. The molecular weight excluding hydrogens is 422 g/mol. The summed E-state index contributed by atoms with van der Waals surface area (Å²) in [4.78, 5) is 5.50. The van der Waals surface area contributed by atoms with Crippen molar-refractivity contribution in [1.82, 2.24) is 4.98 Å². The van der Waals surface area contributed by atoms with Gasteiger partial charge in [0.15, 0.2) is 0 Å². The molecule has 0 radical (unpaired) electrons. The monoisotopic (exact) mass is 445 g/mol. The molecule has 154 valence electrons. The van der Waals surface area contributed by atoms with Crippen LogP contribution in [-0.4, -0.2) is 62.2 Å². The fraction of sp³-hybridized carbons (Fsp3) is 0.526. The average Bonchev–Trinajstić information content (AvgIpc) is 3.14. The van der Waals surface area contributed by atoms with Crippen LogP contribution in [0.1, 0.15) is 35.5 Å². The van der Waals surface area contributed by atoms with Gasteiger partial charge in [0, 0.05) is 28.3 Å². The van der Waals surface area contributed by atoms with E-state index in [1.165, 1.54) is 0 Å². The molecule has 0 aliphatic carbocycles. The lowest BCUT2D eigenvalue weighted by atomic mass is 9.90. The normalized spacial score (nSPS) is 27.9. The van der Waals surface area contributed by atoms with E-state index in [0.717, 1.165) is 27.0 Å². The van der Waals surface area contributed by atoms with E-state index in [1.807, 2.05) is 12.3 Å². The van der Waals surface area contributed by atoms with E-state index in [4.69, 9.17) is 16.3 Å². The number of nitrogens with zero attached hydrogens (tertiary/aromatic N) is 1. The van der Waals surface area contributed by atoms with Crippen molar-refractivity contribution >= 4 is 34.7 Å². The Kier molecular flexibility index (Phi) is 7.74. The third-order valence-corrected chi connectivity index (χ3v) is 7.35. The molecule has 2 aromatic rings. The molecule has 5 atom stereocenters. The van der Waals surface area contributed by atoms with Gasteiger partial charge in [0.1, 0.15) is 34.9 Å². The average molecular weight is 446 g/mol. The number of rotatable bonds is 7. The van der Waals surface area contributed by atoms with Crippen LogP contribution in [0.2, 0.25) is 5.02 Å². The van der Waals surface area contributed by atoms with Gasteiger partial charge in [-0.25, -0.2) is 4.98 Å². The Hall–Kier alpha value is -0.710. The first-order chi connectivity index (χ1) is 13.4. The first kappa shape index (κ1) is 22.0. The van der Waals surface area contributed by atoms with Crippen LogP contribution >= 0.6 is 34.7 Å². The zero-order chi connectivity index (χ0) is 20.3. The highest BCUT2D eigenvalue weighted by Gasteiger charge is 2.44. The van der Waals surface area contributed by atoms with Crippen LogP contribution in [-0.2, 0) is 11.2 Å². The van der Waals surface area contributed by atoms with Crippen molar-refractivity contribution in [3.8, 4) is 0 Å². The van der Waals surface area contributed by atoms with Crippen molar-refractivity contribution in [1.29, 1.82) is 0 Å². The lowest BCUT2D eigenvalue weighted by Gasteiger charge is -2.40. The Labute approximate surface area is 177 Å². The lowest BCUT2D eigenvalue weighted by molar-refractivity contribution is -0.231. The van der Waals surface area contributed by atoms with Gasteiger partial charge in [0.25, 0.3) is 0 Å². The summed E-state index contributed by atoms with van der Waals surface area (Å²) in [7, 11) is 0. The number of aromatic nitrogens is 1. The zero-order valence-electron chi connectivity index (χ0n) is 15.4. The van der Waals surface area contributed by atoms with Crippen LogP contribution in [0.15, 0.2) is 28.7 Å². The van der Waals surface area contributed by atoms with E-state index in [1.54, 1.807) is 35.2 Å². The maximum absolute atomic E-state index is 10.3. The molecule has 1 fully saturated rings. The number of thioether (sulfide) groups is 1. The van der Waals surface area contributed by atoms with Gasteiger partial charge in [0.2, 0.25) is 0 Å². The van der Waals surface area contributed by atoms with Crippen molar-refractivity contribution in [3.05, 3.63) is 45.4 Å². The minimum Gasteiger partial charge on any atom is -0.394 e. The molecule has 2 heterocycles. The second kappa shape index (κ2) is 9.86. The molecule has 1 aromatic heterocycles. The van der Waals surface area contributed by atoms with Gasteiger partial charge in [-0.1, -0.05) is 42.4 Å². The number of aliphatic hydroxyl groups is 4. The minimum absolute atomic E-state index is 0.457. The van der Waals surface area contributed by atoms with Crippen LogP contribution in [0, 0.1) is 0 Å². The van der Waals surface area contributed by atoms with Gasteiger partial charge in [-0.15, -0.1) is 11.3 Å². The predicted molar refractivity (Wildman–Crippen MR) is 110 cm³/mol. The molecule has 1 saturated heterocycles. The van der Waals surface area contributed by atoms with E-state index >= 15 is 0 Å². The molecule has 0 saturated carbocycles. The maximum atomic E-state index is 10.3. The first-order valence-corrected chi connectivity index (χ1v) is 11.3. The van der Waals surface area contributed by atoms with Crippen LogP contribution in [0.4, 0.5) is 0 Å². The fourth-order valence-electron chi connectivity index (χ4n) is 3.10. The molecule has 1 aromatic carbocycles. The molecule has 4 N–H and O–H groups in total. The Balaban J connectivity index is 1.80. The summed E-state index contributed by atoms with van der Waals surface area (Å²) in [6.07, 6.45) is -2.38. The van der Waals surface area contributed by atoms with Gasteiger partial charge in [-0.3, -0.25) is 0 Å². The molecule has 0 spiro atoms. The minimum atomic E-state index is -1.41. The Morgan fingerprint density at radius 2 is 2.00 bits per heavy atom. The largest absolute Gasteiger partial charge is 0.394 e. The molecule has 0 unspecified atom stereocenters. The van der Waals surface area contributed by atoms with Gasteiger partial charge in [-0.05, 0) is 23.6 Å². The molecule has 1 aliphatic rings. The molecule has 28 heavy (non-hydrogen) atoms. The van der Waals surface area contributed by atoms with Crippen molar-refractivity contribution in [2.45, 2.75) is 54.6 Å². The second-order valence-electron chi connectivity index (χ2n) is 6.72. The number of thiazole rings is 1.